The summed E-state index contributed by atoms with van der Waals surface area (Å²) in [7, 11) is 4.56. The number of hydrogen-bond acceptors (Lipinski definition) is 3. The first-order chi connectivity index (χ1) is 8.41. The lowest BCUT2D eigenvalue weighted by molar-refractivity contribution is 0.0772. The quantitative estimate of drug-likeness (QED) is 0.783. The lowest BCUT2D eigenvalue weighted by Crippen LogP contribution is -2.53. The number of nitrogens with one attached hydrogen (secondary N) is 1. The Morgan fingerprint density at radius 3 is 2.44 bits per heavy atom. The predicted octanol–water partition coefficient (Wildman–Crippen LogP) is 2.03. The van der Waals surface area contributed by atoms with Crippen LogP contribution in [0.15, 0.2) is 0 Å². The molecule has 0 amide bonds. The summed E-state index contributed by atoms with van der Waals surface area (Å²) in [6.45, 7) is 12.7. The highest BCUT2D eigenvalue weighted by molar-refractivity contribution is 4.85. The first-order valence-electron chi connectivity index (χ1n) is 7.55. The third-order valence-corrected chi connectivity index (χ3v) is 4.20. The Kier molecular flexibility index (Phi) is 6.61. The van der Waals surface area contributed by atoms with Crippen LogP contribution in [-0.2, 0) is 0 Å². The van der Waals surface area contributed by atoms with Gasteiger partial charge in [0, 0.05) is 31.2 Å². The van der Waals surface area contributed by atoms with Gasteiger partial charge < -0.3 is 10.2 Å². The molecule has 0 aliphatic carbocycles. The normalized spacial score (nSPS) is 24.2. The third-order valence-electron chi connectivity index (χ3n) is 4.20. The SMILES string of the molecule is CC(C)NCC(C(C)C)N(C)C1CCCN(C)C1. The number of piperidine rings is 1. The van der Waals surface area contributed by atoms with E-state index in [4.69, 9.17) is 0 Å². The van der Waals surface area contributed by atoms with Crippen LogP contribution in [0.3, 0.4) is 0 Å². The molecular formula is C15H33N3. The summed E-state index contributed by atoms with van der Waals surface area (Å²) in [5, 5.41) is 3.60. The Labute approximate surface area is 114 Å². The van der Waals surface area contributed by atoms with Crippen LogP contribution in [0.2, 0.25) is 0 Å². The van der Waals surface area contributed by atoms with Crippen molar-refractivity contribution in [1.82, 2.24) is 15.1 Å². The third kappa shape index (κ3) is 4.87. The molecule has 0 bridgehead atoms. The second kappa shape index (κ2) is 7.46. The molecule has 0 radical (unpaired) electrons. The van der Waals surface area contributed by atoms with Gasteiger partial charge in [0.1, 0.15) is 0 Å². The minimum absolute atomic E-state index is 0.577. The fourth-order valence-electron chi connectivity index (χ4n) is 2.95. The average molecular weight is 255 g/mol. The Hall–Kier alpha value is -0.120. The molecule has 1 aliphatic rings. The maximum absolute atomic E-state index is 3.60. The lowest BCUT2D eigenvalue weighted by atomic mass is 9.97. The Morgan fingerprint density at radius 1 is 1.28 bits per heavy atom. The van der Waals surface area contributed by atoms with E-state index in [-0.39, 0.29) is 0 Å². The standard InChI is InChI=1S/C15H33N3/c1-12(2)15(10-16-13(3)4)18(6)14-8-7-9-17(5)11-14/h12-16H,7-11H2,1-6H3. The van der Waals surface area contributed by atoms with E-state index < -0.39 is 0 Å². The fraction of sp³-hybridized carbons (Fsp3) is 1.00. The highest BCUT2D eigenvalue weighted by Crippen LogP contribution is 2.19. The predicted molar refractivity (Wildman–Crippen MR) is 80.0 cm³/mol. The van der Waals surface area contributed by atoms with Crippen molar-refractivity contribution >= 4 is 0 Å². The zero-order chi connectivity index (χ0) is 13.7. The van der Waals surface area contributed by atoms with Gasteiger partial charge in [0.15, 0.2) is 0 Å². The maximum atomic E-state index is 3.60. The van der Waals surface area contributed by atoms with Gasteiger partial charge in [0.25, 0.3) is 0 Å². The molecule has 0 saturated carbocycles. The summed E-state index contributed by atoms with van der Waals surface area (Å²) in [5.41, 5.74) is 0. The molecule has 2 unspecified atom stereocenters. The molecule has 0 aromatic carbocycles. The van der Waals surface area contributed by atoms with E-state index in [2.05, 4.69) is 56.9 Å². The second-order valence-electron chi connectivity index (χ2n) is 6.60. The molecule has 1 N–H and O–H groups in total. The van der Waals surface area contributed by atoms with Crippen molar-refractivity contribution < 1.29 is 0 Å². The van der Waals surface area contributed by atoms with Gasteiger partial charge in [-0.25, -0.2) is 0 Å². The molecular weight excluding hydrogens is 222 g/mol. The van der Waals surface area contributed by atoms with E-state index in [1.54, 1.807) is 0 Å². The minimum atomic E-state index is 0.577. The molecule has 18 heavy (non-hydrogen) atoms. The van der Waals surface area contributed by atoms with Crippen LogP contribution in [-0.4, -0.2) is 61.7 Å². The molecule has 2 atom stereocenters. The van der Waals surface area contributed by atoms with Crippen LogP contribution in [0.5, 0.6) is 0 Å². The number of rotatable bonds is 6. The van der Waals surface area contributed by atoms with Gasteiger partial charge in [-0.2, -0.15) is 0 Å². The number of likely N-dealkylation sites (N-methyl/N-ethyl adjacent to an activating group) is 2. The summed E-state index contributed by atoms with van der Waals surface area (Å²) < 4.78 is 0. The lowest BCUT2D eigenvalue weighted by Gasteiger charge is -2.42. The summed E-state index contributed by atoms with van der Waals surface area (Å²) in [6.07, 6.45) is 2.69. The maximum Gasteiger partial charge on any atom is 0.0244 e. The highest BCUT2D eigenvalue weighted by Gasteiger charge is 2.27. The van der Waals surface area contributed by atoms with Crippen molar-refractivity contribution in [2.45, 2.75) is 58.7 Å². The molecule has 0 aromatic heterocycles. The topological polar surface area (TPSA) is 18.5 Å². The van der Waals surface area contributed by atoms with E-state index >= 15 is 0 Å². The summed E-state index contributed by atoms with van der Waals surface area (Å²) in [4.78, 5) is 5.09. The van der Waals surface area contributed by atoms with Gasteiger partial charge in [-0.3, -0.25) is 4.90 Å². The minimum Gasteiger partial charge on any atom is -0.313 e. The number of hydrogen-bond donors (Lipinski definition) is 1. The van der Waals surface area contributed by atoms with Gasteiger partial charge in [-0.15, -0.1) is 0 Å². The Balaban J connectivity index is 2.54. The smallest absolute Gasteiger partial charge is 0.0244 e. The van der Waals surface area contributed by atoms with Gasteiger partial charge in [0.2, 0.25) is 0 Å². The van der Waals surface area contributed by atoms with Gasteiger partial charge in [-0.1, -0.05) is 27.7 Å². The second-order valence-corrected chi connectivity index (χ2v) is 6.60. The molecule has 1 rings (SSSR count). The van der Waals surface area contributed by atoms with Crippen molar-refractivity contribution in [2.24, 2.45) is 5.92 Å². The van der Waals surface area contributed by atoms with Crippen LogP contribution in [0.1, 0.15) is 40.5 Å². The van der Waals surface area contributed by atoms with Gasteiger partial charge in [-0.05, 0) is 39.4 Å². The largest absolute Gasteiger partial charge is 0.313 e. The summed E-state index contributed by atoms with van der Waals surface area (Å²) in [6, 6.07) is 1.95. The van der Waals surface area contributed by atoms with E-state index in [1.807, 2.05) is 0 Å². The summed E-state index contributed by atoms with van der Waals surface area (Å²) in [5.74, 6) is 0.702. The van der Waals surface area contributed by atoms with Crippen LogP contribution in [0, 0.1) is 5.92 Å². The average Bonchev–Trinajstić information content (AvgIpc) is 2.28. The van der Waals surface area contributed by atoms with E-state index in [0.717, 1.165) is 12.6 Å². The van der Waals surface area contributed by atoms with Crippen LogP contribution in [0.25, 0.3) is 0 Å². The number of likely N-dealkylation sites (tertiary alicyclic amines) is 1. The molecule has 1 heterocycles. The first kappa shape index (κ1) is 15.9. The van der Waals surface area contributed by atoms with E-state index in [9.17, 15) is 0 Å². The van der Waals surface area contributed by atoms with Crippen molar-refractivity contribution in [3.8, 4) is 0 Å². The monoisotopic (exact) mass is 255 g/mol. The van der Waals surface area contributed by atoms with Crippen molar-refractivity contribution in [3.05, 3.63) is 0 Å². The van der Waals surface area contributed by atoms with Crippen molar-refractivity contribution in [3.63, 3.8) is 0 Å². The number of nitrogens with zero attached hydrogens (tertiary/aromatic N) is 2. The molecule has 108 valence electrons. The van der Waals surface area contributed by atoms with Crippen LogP contribution >= 0.6 is 0 Å². The van der Waals surface area contributed by atoms with Crippen molar-refractivity contribution in [2.75, 3.05) is 33.7 Å². The van der Waals surface area contributed by atoms with Gasteiger partial charge >= 0.3 is 0 Å². The van der Waals surface area contributed by atoms with E-state index in [1.165, 1.54) is 25.9 Å². The van der Waals surface area contributed by atoms with Crippen LogP contribution in [0.4, 0.5) is 0 Å². The zero-order valence-electron chi connectivity index (χ0n) is 13.2. The molecule has 1 aliphatic heterocycles. The fourth-order valence-corrected chi connectivity index (χ4v) is 2.95. The Bertz CT molecular complexity index is 228. The molecule has 1 saturated heterocycles. The molecule has 1 fully saturated rings. The molecule has 0 spiro atoms. The zero-order valence-corrected chi connectivity index (χ0v) is 13.2. The molecule has 3 heteroatoms. The molecule has 0 aromatic rings. The van der Waals surface area contributed by atoms with E-state index in [0.29, 0.717) is 18.0 Å². The first-order valence-corrected chi connectivity index (χ1v) is 7.55. The Morgan fingerprint density at radius 2 is 1.94 bits per heavy atom. The van der Waals surface area contributed by atoms with Crippen LogP contribution < -0.4 is 5.32 Å². The summed E-state index contributed by atoms with van der Waals surface area (Å²) >= 11 is 0. The highest BCUT2D eigenvalue weighted by atomic mass is 15.2. The van der Waals surface area contributed by atoms with Crippen molar-refractivity contribution in [1.29, 1.82) is 0 Å². The van der Waals surface area contributed by atoms with Gasteiger partial charge in [0.05, 0.1) is 0 Å². The molecule has 3 nitrogen and oxygen atoms in total.